The first-order valence-electron chi connectivity index (χ1n) is 11.7. The predicted molar refractivity (Wildman–Crippen MR) is 130 cm³/mol. The third-order valence-electron chi connectivity index (χ3n) is 6.60. The molecule has 1 N–H and O–H groups in total. The number of Topliss-reactive ketones (excluding diaryl/α,β-unsaturated/α-hetero) is 1. The SMILES string of the molecule is Cc1ccc2oc(C(=O)C3=C(O)C(=O)N(CCN4CCOCC4)C3c3cccc([N+](=O)[O-])c3)cc2c1. The van der Waals surface area contributed by atoms with Crippen LogP contribution in [0.2, 0.25) is 0 Å². The number of nitro groups is 1. The van der Waals surface area contributed by atoms with Gasteiger partial charge in [-0.25, -0.2) is 0 Å². The molecule has 10 heteroatoms. The maximum absolute atomic E-state index is 13.7. The van der Waals surface area contributed by atoms with Gasteiger partial charge < -0.3 is 19.2 Å². The summed E-state index contributed by atoms with van der Waals surface area (Å²) in [5.41, 5.74) is 1.52. The molecule has 0 spiro atoms. The Morgan fingerprint density at radius 2 is 1.92 bits per heavy atom. The fraction of sp³-hybridized carbons (Fsp3) is 0.308. The smallest absolute Gasteiger partial charge is 0.290 e. The van der Waals surface area contributed by atoms with Gasteiger partial charge in [0.2, 0.25) is 5.78 Å². The highest BCUT2D eigenvalue weighted by molar-refractivity contribution is 6.16. The molecule has 5 rings (SSSR count). The second-order valence-corrected chi connectivity index (χ2v) is 8.95. The molecule has 0 radical (unpaired) electrons. The van der Waals surface area contributed by atoms with Gasteiger partial charge in [0, 0.05) is 43.7 Å². The maximum atomic E-state index is 13.7. The van der Waals surface area contributed by atoms with Crippen LogP contribution in [0.5, 0.6) is 0 Å². The summed E-state index contributed by atoms with van der Waals surface area (Å²) in [4.78, 5) is 41.3. The number of fused-ring (bicyclic) bond motifs is 1. The quantitative estimate of drug-likeness (QED) is 0.302. The van der Waals surface area contributed by atoms with Gasteiger partial charge >= 0.3 is 0 Å². The predicted octanol–water partition coefficient (Wildman–Crippen LogP) is 3.56. The number of rotatable bonds is 7. The van der Waals surface area contributed by atoms with Gasteiger partial charge in [0.1, 0.15) is 5.58 Å². The number of nitrogens with zero attached hydrogens (tertiary/aromatic N) is 3. The number of non-ortho nitro benzene ring substituents is 1. The molecule has 36 heavy (non-hydrogen) atoms. The standard InChI is InChI=1S/C26H25N3O7/c1-16-5-6-20-18(13-16)15-21(36-20)24(30)22-23(17-3-2-4-19(14-17)29(33)34)28(26(32)25(22)31)8-7-27-9-11-35-12-10-27/h2-6,13-15,23,31H,7-12H2,1H3. The van der Waals surface area contributed by atoms with E-state index in [1.165, 1.54) is 23.1 Å². The van der Waals surface area contributed by atoms with E-state index < -0.39 is 28.4 Å². The molecular weight excluding hydrogens is 466 g/mol. The number of carbonyl (C=O) groups is 2. The highest BCUT2D eigenvalue weighted by atomic mass is 16.6. The van der Waals surface area contributed by atoms with E-state index in [0.29, 0.717) is 44.0 Å². The van der Waals surface area contributed by atoms with Crippen LogP contribution in [0.3, 0.4) is 0 Å². The number of aliphatic hydroxyl groups is 1. The van der Waals surface area contributed by atoms with Gasteiger partial charge in [0.15, 0.2) is 11.5 Å². The van der Waals surface area contributed by atoms with Gasteiger partial charge in [0.25, 0.3) is 11.6 Å². The summed E-state index contributed by atoms with van der Waals surface area (Å²) < 4.78 is 11.1. The first-order chi connectivity index (χ1) is 17.3. The Bertz CT molecular complexity index is 1390. The number of aliphatic hydroxyl groups excluding tert-OH is 1. The molecule has 1 fully saturated rings. The minimum Gasteiger partial charge on any atom is -0.503 e. The Hall–Kier alpha value is -4.02. The Balaban J connectivity index is 1.54. The molecule has 2 aromatic carbocycles. The lowest BCUT2D eigenvalue weighted by Gasteiger charge is -2.31. The van der Waals surface area contributed by atoms with E-state index in [9.17, 15) is 24.8 Å². The van der Waals surface area contributed by atoms with Gasteiger partial charge in [-0.15, -0.1) is 0 Å². The number of aryl methyl sites for hydroxylation is 1. The first-order valence-corrected chi connectivity index (χ1v) is 11.7. The summed E-state index contributed by atoms with van der Waals surface area (Å²) in [7, 11) is 0. The van der Waals surface area contributed by atoms with Crippen LogP contribution in [0.1, 0.15) is 27.7 Å². The van der Waals surface area contributed by atoms with Crippen molar-refractivity contribution in [2.75, 3.05) is 39.4 Å². The molecule has 1 saturated heterocycles. The molecule has 2 aliphatic rings. The van der Waals surface area contributed by atoms with E-state index >= 15 is 0 Å². The van der Waals surface area contributed by atoms with E-state index in [4.69, 9.17) is 9.15 Å². The zero-order valence-electron chi connectivity index (χ0n) is 19.7. The van der Waals surface area contributed by atoms with Gasteiger partial charge in [-0.2, -0.15) is 0 Å². The Morgan fingerprint density at radius 1 is 1.14 bits per heavy atom. The molecule has 3 aromatic rings. The summed E-state index contributed by atoms with van der Waals surface area (Å²) in [5, 5.41) is 23.0. The molecule has 2 aliphatic heterocycles. The number of amides is 1. The number of morpholine rings is 1. The molecule has 3 heterocycles. The maximum Gasteiger partial charge on any atom is 0.290 e. The van der Waals surface area contributed by atoms with Gasteiger partial charge in [-0.05, 0) is 30.7 Å². The van der Waals surface area contributed by atoms with Crippen molar-refractivity contribution in [1.29, 1.82) is 0 Å². The van der Waals surface area contributed by atoms with Crippen LogP contribution in [0, 0.1) is 17.0 Å². The first kappa shape index (κ1) is 23.7. The monoisotopic (exact) mass is 491 g/mol. The molecule has 1 aromatic heterocycles. The van der Waals surface area contributed by atoms with E-state index in [1.54, 1.807) is 18.2 Å². The number of ether oxygens (including phenoxy) is 1. The molecular formula is C26H25N3O7. The van der Waals surface area contributed by atoms with Gasteiger partial charge in [0.05, 0.1) is 29.8 Å². The number of nitro benzene ring substituents is 1. The normalized spacial score (nSPS) is 18.9. The number of benzene rings is 2. The Kier molecular flexibility index (Phi) is 6.29. The van der Waals surface area contributed by atoms with Crippen LogP contribution in [0.4, 0.5) is 5.69 Å². The minimum absolute atomic E-state index is 0.0181. The van der Waals surface area contributed by atoms with Crippen molar-refractivity contribution >= 4 is 28.3 Å². The average molecular weight is 492 g/mol. The Labute approximate surface area is 206 Å². The fourth-order valence-electron chi connectivity index (χ4n) is 4.75. The molecule has 186 valence electrons. The second-order valence-electron chi connectivity index (χ2n) is 8.95. The number of carbonyl (C=O) groups excluding carboxylic acids is 2. The lowest BCUT2D eigenvalue weighted by Crippen LogP contribution is -2.43. The highest BCUT2D eigenvalue weighted by Gasteiger charge is 2.45. The topological polar surface area (TPSA) is 126 Å². The van der Waals surface area contributed by atoms with Crippen LogP contribution in [-0.2, 0) is 9.53 Å². The lowest BCUT2D eigenvalue weighted by molar-refractivity contribution is -0.384. The minimum atomic E-state index is -0.999. The van der Waals surface area contributed by atoms with Gasteiger partial charge in [-0.3, -0.25) is 24.6 Å². The summed E-state index contributed by atoms with van der Waals surface area (Å²) in [6.45, 7) is 5.20. The van der Waals surface area contributed by atoms with E-state index in [2.05, 4.69) is 4.90 Å². The number of ketones is 1. The largest absolute Gasteiger partial charge is 0.503 e. The van der Waals surface area contributed by atoms with Crippen molar-refractivity contribution < 1.29 is 28.8 Å². The molecule has 10 nitrogen and oxygen atoms in total. The molecule has 0 saturated carbocycles. The molecule has 0 aliphatic carbocycles. The van der Waals surface area contributed by atoms with E-state index in [1.807, 2.05) is 19.1 Å². The molecule has 0 bridgehead atoms. The van der Waals surface area contributed by atoms with Crippen LogP contribution < -0.4 is 0 Å². The van der Waals surface area contributed by atoms with Crippen LogP contribution in [0.15, 0.2) is 64.3 Å². The number of hydrogen-bond donors (Lipinski definition) is 1. The fourth-order valence-corrected chi connectivity index (χ4v) is 4.75. The van der Waals surface area contributed by atoms with Crippen molar-refractivity contribution in [2.45, 2.75) is 13.0 Å². The third kappa shape index (κ3) is 4.36. The summed E-state index contributed by atoms with van der Waals surface area (Å²) >= 11 is 0. The lowest BCUT2D eigenvalue weighted by atomic mass is 9.94. The molecule has 1 amide bonds. The van der Waals surface area contributed by atoms with Crippen molar-refractivity contribution in [3.8, 4) is 0 Å². The third-order valence-corrected chi connectivity index (χ3v) is 6.60. The molecule has 1 atom stereocenters. The second kappa shape index (κ2) is 9.56. The van der Waals surface area contributed by atoms with Crippen LogP contribution in [0.25, 0.3) is 11.0 Å². The average Bonchev–Trinajstić information content (AvgIpc) is 3.41. The summed E-state index contributed by atoms with van der Waals surface area (Å²) in [6.07, 6.45) is 0. The number of furan rings is 1. The van der Waals surface area contributed by atoms with E-state index in [-0.39, 0.29) is 23.6 Å². The Morgan fingerprint density at radius 3 is 2.67 bits per heavy atom. The summed E-state index contributed by atoms with van der Waals surface area (Å²) in [5.74, 6) is -2.03. The zero-order valence-corrected chi connectivity index (χ0v) is 19.7. The van der Waals surface area contributed by atoms with Crippen LogP contribution >= 0.6 is 0 Å². The summed E-state index contributed by atoms with van der Waals surface area (Å²) in [6, 6.07) is 11.8. The van der Waals surface area contributed by atoms with Crippen molar-refractivity contribution in [3.63, 3.8) is 0 Å². The zero-order chi connectivity index (χ0) is 25.4. The highest BCUT2D eigenvalue weighted by Crippen LogP contribution is 2.40. The van der Waals surface area contributed by atoms with E-state index in [0.717, 1.165) is 10.9 Å². The van der Waals surface area contributed by atoms with Crippen molar-refractivity contribution in [2.24, 2.45) is 0 Å². The van der Waals surface area contributed by atoms with Crippen LogP contribution in [-0.4, -0.2) is 70.9 Å². The van der Waals surface area contributed by atoms with Crippen molar-refractivity contribution in [3.05, 3.63) is 86.9 Å². The molecule has 1 unspecified atom stereocenters. The van der Waals surface area contributed by atoms with Crippen molar-refractivity contribution in [1.82, 2.24) is 9.80 Å². The number of hydrogen-bond acceptors (Lipinski definition) is 8. The van der Waals surface area contributed by atoms with Gasteiger partial charge in [-0.1, -0.05) is 23.8 Å².